The summed E-state index contributed by atoms with van der Waals surface area (Å²) in [6.45, 7) is 6.31. The Kier molecular flexibility index (Phi) is 5.62. The van der Waals surface area contributed by atoms with E-state index in [2.05, 4.69) is 49.6 Å². The summed E-state index contributed by atoms with van der Waals surface area (Å²) in [5.41, 5.74) is 2.02. The van der Waals surface area contributed by atoms with Crippen LogP contribution in [-0.4, -0.2) is 27.2 Å². The molecule has 4 heteroatoms. The summed E-state index contributed by atoms with van der Waals surface area (Å²) in [5, 5.41) is 0.453. The van der Waals surface area contributed by atoms with E-state index in [4.69, 9.17) is 4.74 Å². The summed E-state index contributed by atoms with van der Waals surface area (Å²) in [4.78, 5) is 12.7. The molecule has 0 bridgehead atoms. The van der Waals surface area contributed by atoms with Crippen LogP contribution in [0.1, 0.15) is 43.3 Å². The first kappa shape index (κ1) is 18.6. The maximum absolute atomic E-state index is 12.5. The van der Waals surface area contributed by atoms with E-state index >= 15 is 0 Å². The van der Waals surface area contributed by atoms with E-state index < -0.39 is 5.41 Å². The van der Waals surface area contributed by atoms with Crippen molar-refractivity contribution in [2.45, 2.75) is 36.9 Å². The molecule has 0 saturated carbocycles. The number of hydrogen-bond donors (Lipinski definition) is 0. The van der Waals surface area contributed by atoms with E-state index in [1.165, 1.54) is 10.0 Å². The van der Waals surface area contributed by atoms with Gasteiger partial charge in [0.2, 0.25) is 0 Å². The molecule has 3 rings (SSSR count). The number of rotatable bonds is 5. The van der Waals surface area contributed by atoms with Crippen LogP contribution in [0.3, 0.4) is 0 Å². The molecule has 3 atom stereocenters. The van der Waals surface area contributed by atoms with Crippen LogP contribution in [0.15, 0.2) is 54.6 Å². The molecular weight excluding hydrogens is 395 g/mol. The molecular formula is C21H24O2SSe. The molecule has 2 unspecified atom stereocenters. The van der Waals surface area contributed by atoms with Crippen LogP contribution in [0.5, 0.6) is 0 Å². The first-order chi connectivity index (χ1) is 11.9. The zero-order valence-electron chi connectivity index (χ0n) is 15.1. The number of carbonyl (C=O) groups is 1. The minimum atomic E-state index is -0.462. The molecule has 1 fully saturated rings. The Balaban J connectivity index is 1.97. The van der Waals surface area contributed by atoms with Gasteiger partial charge in [0.15, 0.2) is 0 Å². The first-order valence-electron chi connectivity index (χ1n) is 8.49. The Morgan fingerprint density at radius 3 is 2.40 bits per heavy atom. The summed E-state index contributed by atoms with van der Waals surface area (Å²) < 4.78 is 7.23. The molecule has 0 spiro atoms. The van der Waals surface area contributed by atoms with E-state index in [9.17, 15) is 4.79 Å². The van der Waals surface area contributed by atoms with Gasteiger partial charge in [-0.2, -0.15) is 0 Å². The van der Waals surface area contributed by atoms with Crippen LogP contribution in [0.25, 0.3) is 0 Å². The second-order valence-corrected chi connectivity index (χ2v) is 10.6. The molecule has 2 nitrogen and oxygen atoms in total. The molecule has 1 heterocycles. The van der Waals surface area contributed by atoms with Gasteiger partial charge in [-0.3, -0.25) is 0 Å². The number of benzene rings is 2. The normalized spacial score (nSPS) is 23.3. The maximum atomic E-state index is 12.5. The van der Waals surface area contributed by atoms with Crippen molar-refractivity contribution in [2.75, 3.05) is 6.26 Å². The van der Waals surface area contributed by atoms with Gasteiger partial charge in [-0.05, 0) is 0 Å². The summed E-state index contributed by atoms with van der Waals surface area (Å²) in [6, 6.07) is 18.8. The van der Waals surface area contributed by atoms with Gasteiger partial charge in [0.1, 0.15) is 0 Å². The Hall–Kier alpha value is -1.22. The molecule has 132 valence electrons. The number of thioether (sulfide) groups is 1. The molecule has 2 aromatic carbocycles. The van der Waals surface area contributed by atoms with E-state index in [1.807, 2.05) is 43.8 Å². The van der Waals surface area contributed by atoms with Crippen molar-refractivity contribution >= 4 is 37.1 Å². The fraction of sp³-hybridized carbons (Fsp3) is 0.381. The van der Waals surface area contributed by atoms with Gasteiger partial charge in [-0.25, -0.2) is 0 Å². The SMILES string of the molecule is CS[C@@H](C)c1ccccc1[Se]C1C(c2ccccc2)OC(=O)C1(C)C. The van der Waals surface area contributed by atoms with Crippen molar-refractivity contribution in [1.29, 1.82) is 0 Å². The van der Waals surface area contributed by atoms with Gasteiger partial charge in [-0.15, -0.1) is 0 Å². The third-order valence-electron chi connectivity index (χ3n) is 4.84. The molecule has 0 aromatic heterocycles. The van der Waals surface area contributed by atoms with E-state index in [1.54, 1.807) is 0 Å². The van der Waals surface area contributed by atoms with Crippen molar-refractivity contribution in [2.24, 2.45) is 5.41 Å². The second kappa shape index (κ2) is 7.57. The minimum absolute atomic E-state index is 0.0800. The van der Waals surface area contributed by atoms with Gasteiger partial charge in [0.05, 0.1) is 0 Å². The molecule has 2 aromatic rings. The number of esters is 1. The molecule has 1 saturated heterocycles. The monoisotopic (exact) mass is 420 g/mol. The van der Waals surface area contributed by atoms with Gasteiger partial charge in [0.25, 0.3) is 0 Å². The quantitative estimate of drug-likeness (QED) is 0.525. The summed E-state index contributed by atoms with van der Waals surface area (Å²) in [7, 11) is 0. The average molecular weight is 419 g/mol. The van der Waals surface area contributed by atoms with Crippen LogP contribution in [-0.2, 0) is 9.53 Å². The number of ether oxygens (including phenoxy) is 1. The van der Waals surface area contributed by atoms with Gasteiger partial charge >= 0.3 is 161 Å². The van der Waals surface area contributed by atoms with Crippen molar-refractivity contribution < 1.29 is 9.53 Å². The number of cyclic esters (lactones) is 1. The Bertz CT molecular complexity index is 745. The number of hydrogen-bond acceptors (Lipinski definition) is 3. The van der Waals surface area contributed by atoms with Gasteiger partial charge in [0, 0.05) is 0 Å². The predicted octanol–water partition coefficient (Wildman–Crippen LogP) is 4.55. The standard InChI is InChI=1S/C21H24O2SSe/c1-14(24-4)16-12-8-9-13-17(16)25-19-18(15-10-6-5-7-11-15)23-20(22)21(19,2)3/h5-14,18-19H,1-4H3/t14-,18?,19?/m0/s1. The fourth-order valence-electron chi connectivity index (χ4n) is 3.11. The van der Waals surface area contributed by atoms with Crippen molar-refractivity contribution in [3.63, 3.8) is 0 Å². The van der Waals surface area contributed by atoms with E-state index in [-0.39, 0.29) is 31.8 Å². The summed E-state index contributed by atoms with van der Waals surface area (Å²) >= 11 is 2.01. The molecule has 1 aliphatic heterocycles. The zero-order chi connectivity index (χ0) is 18.0. The topological polar surface area (TPSA) is 26.3 Å². The van der Waals surface area contributed by atoms with Crippen LogP contribution in [0, 0.1) is 5.41 Å². The Morgan fingerprint density at radius 2 is 1.72 bits per heavy atom. The van der Waals surface area contributed by atoms with Gasteiger partial charge in [-0.1, -0.05) is 0 Å². The molecule has 0 radical (unpaired) electrons. The average Bonchev–Trinajstić information content (AvgIpc) is 2.86. The van der Waals surface area contributed by atoms with Crippen molar-refractivity contribution in [1.82, 2.24) is 0 Å². The molecule has 0 N–H and O–H groups in total. The second-order valence-electron chi connectivity index (χ2n) is 6.91. The molecule has 0 aliphatic carbocycles. The molecule has 1 aliphatic rings. The zero-order valence-corrected chi connectivity index (χ0v) is 17.6. The fourth-order valence-corrected chi connectivity index (χ4v) is 6.96. The van der Waals surface area contributed by atoms with E-state index in [0.717, 1.165) is 5.56 Å². The van der Waals surface area contributed by atoms with Crippen molar-refractivity contribution in [3.8, 4) is 0 Å². The first-order valence-corrected chi connectivity index (χ1v) is 11.6. The summed E-state index contributed by atoms with van der Waals surface area (Å²) in [6.07, 6.45) is 1.99. The van der Waals surface area contributed by atoms with Crippen LogP contribution in [0.4, 0.5) is 0 Å². The number of carbonyl (C=O) groups excluding carboxylic acids is 1. The third-order valence-corrected chi connectivity index (χ3v) is 9.40. The Labute approximate surface area is 160 Å². The van der Waals surface area contributed by atoms with Crippen molar-refractivity contribution in [3.05, 3.63) is 65.7 Å². The van der Waals surface area contributed by atoms with E-state index in [0.29, 0.717) is 5.25 Å². The van der Waals surface area contributed by atoms with Crippen LogP contribution in [0.2, 0.25) is 4.82 Å². The van der Waals surface area contributed by atoms with Gasteiger partial charge < -0.3 is 0 Å². The van der Waals surface area contributed by atoms with Crippen LogP contribution >= 0.6 is 11.8 Å². The molecule has 25 heavy (non-hydrogen) atoms. The Morgan fingerprint density at radius 1 is 1.08 bits per heavy atom. The van der Waals surface area contributed by atoms with Crippen LogP contribution < -0.4 is 4.46 Å². The predicted molar refractivity (Wildman–Crippen MR) is 107 cm³/mol. The third kappa shape index (κ3) is 3.67. The molecule has 0 amide bonds. The summed E-state index contributed by atoms with van der Waals surface area (Å²) in [5.74, 6) is -0.0800.